The van der Waals surface area contributed by atoms with Crippen LogP contribution in [0.15, 0.2) is 54.6 Å². The van der Waals surface area contributed by atoms with E-state index in [1.54, 1.807) is 25.3 Å². The van der Waals surface area contributed by atoms with Crippen LogP contribution < -0.4 is 19.7 Å². The summed E-state index contributed by atoms with van der Waals surface area (Å²) in [6.45, 7) is 10.9. The van der Waals surface area contributed by atoms with Crippen molar-refractivity contribution in [2.45, 2.75) is 39.0 Å². The molecule has 0 unspecified atom stereocenters. The summed E-state index contributed by atoms with van der Waals surface area (Å²) < 4.78 is 12.1. The fraction of sp³-hybridized carbons (Fsp3) is 0.476. The zero-order valence-electron chi connectivity index (χ0n) is 33.0. The SMILES string of the molecule is CNC(=O)N(C(=O)c1ccc(-c2cccc3[nH]c(CCN4CCN(C)CC4)nc23)c(OC)c1)c1ccc(C)cc1OCCCCCC(=O)N1CCN(C)CC1. The van der Waals surface area contributed by atoms with Gasteiger partial charge in [-0.25, -0.2) is 14.7 Å². The van der Waals surface area contributed by atoms with E-state index in [0.717, 1.165) is 123 Å². The van der Waals surface area contributed by atoms with Crippen molar-refractivity contribution in [3.05, 3.63) is 71.5 Å². The van der Waals surface area contributed by atoms with Gasteiger partial charge in [0.1, 0.15) is 17.3 Å². The third-order valence-electron chi connectivity index (χ3n) is 10.7. The van der Waals surface area contributed by atoms with Crippen molar-refractivity contribution in [2.75, 3.05) is 98.7 Å². The number of carbonyl (C=O) groups excluding carboxylic acids is 3. The zero-order valence-corrected chi connectivity index (χ0v) is 33.0. The first-order valence-electron chi connectivity index (χ1n) is 19.5. The number of unbranched alkanes of at least 4 members (excludes halogenated alkanes) is 2. The molecule has 4 amide bonds. The molecule has 2 aliphatic rings. The number of H-pyrrole nitrogens is 1. The first-order valence-corrected chi connectivity index (χ1v) is 19.5. The van der Waals surface area contributed by atoms with Crippen LogP contribution in [-0.4, -0.2) is 141 Å². The number of hydrogen-bond acceptors (Lipinski definition) is 9. The van der Waals surface area contributed by atoms with Crippen molar-refractivity contribution in [3.63, 3.8) is 0 Å². The minimum atomic E-state index is -0.588. The number of para-hydroxylation sites is 1. The van der Waals surface area contributed by atoms with Gasteiger partial charge in [-0.1, -0.05) is 18.2 Å². The zero-order chi connectivity index (χ0) is 38.9. The third-order valence-corrected chi connectivity index (χ3v) is 10.7. The third kappa shape index (κ3) is 9.83. The number of aromatic nitrogens is 2. The first-order chi connectivity index (χ1) is 26.6. The van der Waals surface area contributed by atoms with Crippen LogP contribution in [0, 0.1) is 6.92 Å². The van der Waals surface area contributed by atoms with E-state index in [1.165, 1.54) is 7.05 Å². The molecule has 4 aromatic rings. The van der Waals surface area contributed by atoms with Crippen LogP contribution in [0.1, 0.15) is 47.4 Å². The molecule has 0 aliphatic carbocycles. The molecule has 294 valence electrons. The highest BCUT2D eigenvalue weighted by molar-refractivity contribution is 6.21. The van der Waals surface area contributed by atoms with Gasteiger partial charge in [-0.3, -0.25) is 9.59 Å². The van der Waals surface area contributed by atoms with E-state index < -0.39 is 11.9 Å². The van der Waals surface area contributed by atoms with Gasteiger partial charge in [-0.15, -0.1) is 0 Å². The number of imide groups is 1. The predicted octanol–water partition coefficient (Wildman–Crippen LogP) is 5.04. The van der Waals surface area contributed by atoms with Crippen LogP contribution in [0.5, 0.6) is 11.5 Å². The number of likely N-dealkylation sites (N-methyl/N-ethyl adjacent to an activating group) is 2. The number of anilines is 1. The summed E-state index contributed by atoms with van der Waals surface area (Å²) in [4.78, 5) is 58.9. The maximum absolute atomic E-state index is 14.3. The standard InChI is InChI=1S/C42H56N8O5/c1-30-13-16-35(37(28-30)55-27-8-6-7-12-39(51)49-25-21-47(4)22-26-49)50(42(53)43-2)41(52)31-14-15-32(36(29-31)54-5)33-10-9-11-34-40(33)45-38(44-34)17-18-48-23-19-46(3)20-24-48/h9-11,13-16,28-29H,6-8,12,17-27H2,1-5H3,(H,43,53)(H,44,45). The van der Waals surface area contributed by atoms with Crippen LogP contribution in [0.2, 0.25) is 0 Å². The second-order valence-corrected chi connectivity index (χ2v) is 14.7. The van der Waals surface area contributed by atoms with E-state index in [-0.39, 0.29) is 11.5 Å². The van der Waals surface area contributed by atoms with Gasteiger partial charge in [0.25, 0.3) is 5.91 Å². The number of nitrogens with zero attached hydrogens (tertiary/aromatic N) is 6. The van der Waals surface area contributed by atoms with Crippen molar-refractivity contribution in [2.24, 2.45) is 0 Å². The molecule has 2 fully saturated rings. The van der Waals surface area contributed by atoms with Crippen LogP contribution in [0.25, 0.3) is 22.2 Å². The summed E-state index contributed by atoms with van der Waals surface area (Å²) in [6.07, 6.45) is 3.68. The predicted molar refractivity (Wildman–Crippen MR) is 216 cm³/mol. The quantitative estimate of drug-likeness (QED) is 0.171. The van der Waals surface area contributed by atoms with Crippen LogP contribution >= 0.6 is 0 Å². The van der Waals surface area contributed by atoms with Gasteiger partial charge in [0.15, 0.2) is 0 Å². The fourth-order valence-electron chi connectivity index (χ4n) is 7.23. The summed E-state index contributed by atoms with van der Waals surface area (Å²) >= 11 is 0. The van der Waals surface area contributed by atoms with E-state index in [4.69, 9.17) is 14.5 Å². The Balaban J connectivity index is 1.14. The van der Waals surface area contributed by atoms with Crippen molar-refractivity contribution >= 4 is 34.6 Å². The maximum atomic E-state index is 14.3. The Morgan fingerprint density at radius 3 is 2.33 bits per heavy atom. The lowest BCUT2D eigenvalue weighted by molar-refractivity contribution is -0.132. The second-order valence-electron chi connectivity index (χ2n) is 14.7. The number of carbonyl (C=O) groups is 3. The number of nitrogens with one attached hydrogen (secondary N) is 2. The molecule has 6 rings (SSSR count). The summed E-state index contributed by atoms with van der Waals surface area (Å²) in [5.74, 6) is 1.54. The van der Waals surface area contributed by atoms with Crippen molar-refractivity contribution in [1.29, 1.82) is 0 Å². The maximum Gasteiger partial charge on any atom is 0.328 e. The van der Waals surface area contributed by atoms with Crippen molar-refractivity contribution in [1.82, 2.24) is 34.9 Å². The fourth-order valence-corrected chi connectivity index (χ4v) is 7.23. The van der Waals surface area contributed by atoms with Crippen molar-refractivity contribution in [3.8, 4) is 22.6 Å². The molecule has 0 atom stereocenters. The molecule has 3 aromatic carbocycles. The van der Waals surface area contributed by atoms with Gasteiger partial charge < -0.3 is 39.4 Å². The number of aryl methyl sites for hydroxylation is 1. The Morgan fingerprint density at radius 2 is 1.60 bits per heavy atom. The summed E-state index contributed by atoms with van der Waals surface area (Å²) in [7, 11) is 7.31. The number of benzene rings is 3. The molecule has 13 nitrogen and oxygen atoms in total. The number of amides is 4. The number of rotatable bonds is 14. The number of imidazole rings is 1. The summed E-state index contributed by atoms with van der Waals surface area (Å²) in [5.41, 5.74) is 5.00. The molecule has 2 saturated heterocycles. The Morgan fingerprint density at radius 1 is 0.855 bits per heavy atom. The Hall–Kier alpha value is -4.98. The number of fused-ring (bicyclic) bond motifs is 1. The highest BCUT2D eigenvalue weighted by atomic mass is 16.5. The monoisotopic (exact) mass is 752 g/mol. The van der Waals surface area contributed by atoms with Crippen LogP contribution in [0.4, 0.5) is 10.5 Å². The minimum absolute atomic E-state index is 0.207. The Bertz CT molecular complexity index is 1950. The van der Waals surface area contributed by atoms with Gasteiger partial charge >= 0.3 is 6.03 Å². The van der Waals surface area contributed by atoms with E-state index in [9.17, 15) is 14.4 Å². The lowest BCUT2D eigenvalue weighted by atomic mass is 10.0. The summed E-state index contributed by atoms with van der Waals surface area (Å²) in [5, 5.41) is 2.63. The molecule has 3 heterocycles. The molecule has 2 N–H and O–H groups in total. The van der Waals surface area contributed by atoms with Gasteiger partial charge in [0.2, 0.25) is 5.91 Å². The topological polar surface area (TPSA) is 127 Å². The Labute approximate surface area is 324 Å². The Kier molecular flexibility index (Phi) is 13.4. The minimum Gasteiger partial charge on any atom is -0.496 e. The number of urea groups is 1. The number of aromatic amines is 1. The molecule has 1 aromatic heterocycles. The number of piperazine rings is 2. The highest BCUT2D eigenvalue weighted by Gasteiger charge is 2.28. The van der Waals surface area contributed by atoms with E-state index >= 15 is 0 Å². The van der Waals surface area contributed by atoms with E-state index in [1.807, 2.05) is 48.2 Å². The average Bonchev–Trinajstić information content (AvgIpc) is 3.63. The van der Waals surface area contributed by atoms with Gasteiger partial charge in [0, 0.05) is 95.5 Å². The average molecular weight is 753 g/mol. The lowest BCUT2D eigenvalue weighted by Crippen LogP contribution is -2.47. The molecule has 0 spiro atoms. The normalized spacial score (nSPS) is 15.6. The van der Waals surface area contributed by atoms with Crippen molar-refractivity contribution < 1.29 is 23.9 Å². The van der Waals surface area contributed by atoms with Crippen LogP contribution in [0.3, 0.4) is 0 Å². The molecule has 55 heavy (non-hydrogen) atoms. The number of ether oxygens (including phenoxy) is 2. The highest BCUT2D eigenvalue weighted by Crippen LogP contribution is 2.37. The molecule has 0 bridgehead atoms. The van der Waals surface area contributed by atoms with Gasteiger partial charge in [-0.05, 0) is 82.2 Å². The smallest absolute Gasteiger partial charge is 0.328 e. The van der Waals surface area contributed by atoms with E-state index in [0.29, 0.717) is 30.2 Å². The van der Waals surface area contributed by atoms with Gasteiger partial charge in [0.05, 0.1) is 30.4 Å². The largest absolute Gasteiger partial charge is 0.496 e. The second kappa shape index (κ2) is 18.6. The molecular formula is C42H56N8O5. The molecule has 2 aliphatic heterocycles. The van der Waals surface area contributed by atoms with Crippen LogP contribution in [-0.2, 0) is 11.2 Å². The summed E-state index contributed by atoms with van der Waals surface area (Å²) in [6, 6.07) is 16.1. The first kappa shape index (κ1) is 39.7. The molecule has 0 saturated carbocycles. The number of methoxy groups -OCH3 is 1. The molecular weight excluding hydrogens is 697 g/mol. The van der Waals surface area contributed by atoms with E-state index in [2.05, 4.69) is 39.1 Å². The number of hydrogen-bond donors (Lipinski definition) is 2. The molecule has 0 radical (unpaired) electrons. The molecule has 13 heteroatoms. The lowest BCUT2D eigenvalue weighted by Gasteiger charge is -2.32. The van der Waals surface area contributed by atoms with Gasteiger partial charge in [-0.2, -0.15) is 0 Å².